The van der Waals surface area contributed by atoms with Crippen LogP contribution in [0.5, 0.6) is 0 Å². The van der Waals surface area contributed by atoms with Gasteiger partial charge < -0.3 is 0 Å². The van der Waals surface area contributed by atoms with Crippen LogP contribution >= 0.6 is 0 Å². The van der Waals surface area contributed by atoms with Gasteiger partial charge in [-0.25, -0.2) is 4.98 Å². The molecule has 0 amide bonds. The van der Waals surface area contributed by atoms with Crippen molar-refractivity contribution in [2.45, 2.75) is 20.3 Å². The maximum atomic E-state index is 12.1. The Hall–Kier alpha value is -1.97. The van der Waals surface area contributed by atoms with E-state index >= 15 is 0 Å². The lowest BCUT2D eigenvalue weighted by molar-refractivity contribution is 0.112. The first-order chi connectivity index (χ1) is 7.69. The quantitative estimate of drug-likeness (QED) is 0.712. The van der Waals surface area contributed by atoms with E-state index in [2.05, 4.69) is 4.98 Å². The first-order valence-electron chi connectivity index (χ1n) is 5.15. The van der Waals surface area contributed by atoms with Gasteiger partial charge in [-0.3, -0.25) is 14.0 Å². The summed E-state index contributed by atoms with van der Waals surface area (Å²) in [6.07, 6.45) is 3.00. The number of carbonyl (C=O) groups is 1. The highest BCUT2D eigenvalue weighted by Gasteiger charge is 2.09. The van der Waals surface area contributed by atoms with Crippen molar-refractivity contribution in [1.29, 1.82) is 0 Å². The van der Waals surface area contributed by atoms with Gasteiger partial charge in [0.1, 0.15) is 5.65 Å². The topological polar surface area (TPSA) is 51.4 Å². The van der Waals surface area contributed by atoms with Gasteiger partial charge in [0.25, 0.3) is 5.56 Å². The van der Waals surface area contributed by atoms with Crippen LogP contribution in [-0.4, -0.2) is 15.7 Å². The molecule has 82 valence electrons. The zero-order valence-electron chi connectivity index (χ0n) is 9.23. The van der Waals surface area contributed by atoms with E-state index in [9.17, 15) is 9.59 Å². The Morgan fingerprint density at radius 3 is 2.88 bits per heavy atom. The van der Waals surface area contributed by atoms with Gasteiger partial charge in [-0.15, -0.1) is 0 Å². The summed E-state index contributed by atoms with van der Waals surface area (Å²) in [6, 6.07) is 3.33. The van der Waals surface area contributed by atoms with Gasteiger partial charge in [0, 0.05) is 17.5 Å². The average Bonchev–Trinajstić information content (AvgIpc) is 2.29. The zero-order valence-corrected chi connectivity index (χ0v) is 9.23. The van der Waals surface area contributed by atoms with Gasteiger partial charge in [0.2, 0.25) is 0 Å². The number of hydrogen-bond acceptors (Lipinski definition) is 3. The maximum Gasteiger partial charge on any atom is 0.261 e. The fourth-order valence-electron chi connectivity index (χ4n) is 1.82. The van der Waals surface area contributed by atoms with E-state index in [1.54, 1.807) is 25.3 Å². The summed E-state index contributed by atoms with van der Waals surface area (Å²) in [7, 11) is 0. The minimum atomic E-state index is -0.0892. The number of fused-ring (bicyclic) bond motifs is 1. The van der Waals surface area contributed by atoms with Gasteiger partial charge >= 0.3 is 0 Å². The lowest BCUT2D eigenvalue weighted by atomic mass is 10.2. The number of aryl methyl sites for hydroxylation is 1. The molecule has 2 heterocycles. The number of aromatic nitrogens is 2. The van der Waals surface area contributed by atoms with Crippen molar-refractivity contribution in [2.24, 2.45) is 0 Å². The number of pyridine rings is 1. The third-order valence-corrected chi connectivity index (χ3v) is 2.67. The van der Waals surface area contributed by atoms with E-state index in [1.807, 2.05) is 6.92 Å². The Kier molecular flexibility index (Phi) is 2.56. The van der Waals surface area contributed by atoms with Crippen LogP contribution in [-0.2, 0) is 6.42 Å². The van der Waals surface area contributed by atoms with Gasteiger partial charge in [0.05, 0.1) is 5.56 Å². The molecular weight excluding hydrogens is 204 g/mol. The summed E-state index contributed by atoms with van der Waals surface area (Å²) >= 11 is 0. The minimum Gasteiger partial charge on any atom is -0.298 e. The summed E-state index contributed by atoms with van der Waals surface area (Å²) in [4.78, 5) is 27.2. The predicted molar refractivity (Wildman–Crippen MR) is 61.0 cm³/mol. The average molecular weight is 216 g/mol. The Labute approximate surface area is 92.6 Å². The van der Waals surface area contributed by atoms with Crippen LogP contribution in [0, 0.1) is 6.92 Å². The van der Waals surface area contributed by atoms with E-state index < -0.39 is 0 Å². The molecule has 4 nitrogen and oxygen atoms in total. The van der Waals surface area contributed by atoms with Gasteiger partial charge in [-0.1, -0.05) is 6.92 Å². The van der Waals surface area contributed by atoms with Crippen molar-refractivity contribution in [1.82, 2.24) is 9.38 Å². The first kappa shape index (κ1) is 10.5. The Balaban J connectivity index is 2.97. The number of nitrogens with zero attached hydrogens (tertiary/aromatic N) is 2. The Morgan fingerprint density at radius 1 is 1.50 bits per heavy atom. The van der Waals surface area contributed by atoms with Crippen LogP contribution in [0.1, 0.15) is 28.5 Å². The number of aldehydes is 1. The van der Waals surface area contributed by atoms with Crippen molar-refractivity contribution < 1.29 is 4.79 Å². The van der Waals surface area contributed by atoms with Crippen LogP contribution in [0.4, 0.5) is 0 Å². The standard InChI is InChI=1S/C12H12N2O2/c1-3-10-8(2)13-11-9(7-15)5-4-6-14(11)12(10)16/h4-7H,3H2,1-2H3. The van der Waals surface area contributed by atoms with Crippen molar-refractivity contribution in [3.05, 3.63) is 45.5 Å². The molecule has 2 rings (SSSR count). The van der Waals surface area contributed by atoms with Crippen LogP contribution in [0.25, 0.3) is 5.65 Å². The SMILES string of the molecule is CCc1c(C)nc2c(C=O)cccn2c1=O. The normalized spacial score (nSPS) is 10.6. The van der Waals surface area contributed by atoms with E-state index in [1.165, 1.54) is 4.40 Å². The van der Waals surface area contributed by atoms with Gasteiger partial charge in [0.15, 0.2) is 6.29 Å². The lowest BCUT2D eigenvalue weighted by Crippen LogP contribution is -2.21. The van der Waals surface area contributed by atoms with E-state index in [-0.39, 0.29) is 5.56 Å². The van der Waals surface area contributed by atoms with Crippen LogP contribution in [0.2, 0.25) is 0 Å². The molecule has 0 bridgehead atoms. The predicted octanol–water partition coefficient (Wildman–Crippen LogP) is 1.38. The first-order valence-corrected chi connectivity index (χ1v) is 5.15. The zero-order chi connectivity index (χ0) is 11.7. The molecule has 0 aromatic carbocycles. The number of hydrogen-bond donors (Lipinski definition) is 0. The molecule has 0 N–H and O–H groups in total. The molecule has 16 heavy (non-hydrogen) atoms. The monoisotopic (exact) mass is 216 g/mol. The number of rotatable bonds is 2. The summed E-state index contributed by atoms with van der Waals surface area (Å²) in [5.41, 5.74) is 2.17. The number of carbonyl (C=O) groups excluding carboxylic acids is 1. The minimum absolute atomic E-state index is 0.0892. The molecule has 0 spiro atoms. The Morgan fingerprint density at radius 2 is 2.25 bits per heavy atom. The fraction of sp³-hybridized carbons (Fsp3) is 0.250. The second-order valence-electron chi connectivity index (χ2n) is 3.61. The van der Waals surface area contributed by atoms with E-state index in [0.717, 1.165) is 0 Å². The summed E-state index contributed by atoms with van der Waals surface area (Å²) in [5.74, 6) is 0. The van der Waals surface area contributed by atoms with E-state index in [4.69, 9.17) is 0 Å². The molecule has 2 aromatic rings. The fourth-order valence-corrected chi connectivity index (χ4v) is 1.82. The molecule has 0 atom stereocenters. The van der Waals surface area contributed by atoms with E-state index in [0.29, 0.717) is 35.2 Å². The second-order valence-corrected chi connectivity index (χ2v) is 3.61. The highest BCUT2D eigenvalue weighted by atomic mass is 16.1. The van der Waals surface area contributed by atoms with Gasteiger partial charge in [-0.05, 0) is 25.5 Å². The van der Waals surface area contributed by atoms with Crippen molar-refractivity contribution in [3.63, 3.8) is 0 Å². The highest BCUT2D eigenvalue weighted by Crippen LogP contribution is 2.07. The largest absolute Gasteiger partial charge is 0.298 e. The molecule has 0 saturated heterocycles. The second kappa shape index (κ2) is 3.89. The molecule has 0 fully saturated rings. The highest BCUT2D eigenvalue weighted by molar-refractivity contribution is 5.83. The van der Waals surface area contributed by atoms with Crippen LogP contribution < -0.4 is 5.56 Å². The summed E-state index contributed by atoms with van der Waals surface area (Å²) in [6.45, 7) is 3.71. The van der Waals surface area contributed by atoms with Crippen molar-refractivity contribution in [2.75, 3.05) is 0 Å². The molecule has 0 aliphatic heterocycles. The van der Waals surface area contributed by atoms with Crippen molar-refractivity contribution in [3.8, 4) is 0 Å². The molecule has 0 unspecified atom stereocenters. The molecule has 0 aliphatic rings. The third-order valence-electron chi connectivity index (χ3n) is 2.67. The van der Waals surface area contributed by atoms with Gasteiger partial charge in [-0.2, -0.15) is 0 Å². The molecule has 0 radical (unpaired) electrons. The summed E-state index contributed by atoms with van der Waals surface area (Å²) < 4.78 is 1.43. The lowest BCUT2D eigenvalue weighted by Gasteiger charge is -2.07. The Bertz CT molecular complexity index is 614. The smallest absolute Gasteiger partial charge is 0.261 e. The molecule has 4 heteroatoms. The molecule has 0 saturated carbocycles. The molecule has 2 aromatic heterocycles. The molecule has 0 aliphatic carbocycles. The maximum absolute atomic E-state index is 12.1. The van der Waals surface area contributed by atoms with Crippen LogP contribution in [0.3, 0.4) is 0 Å². The summed E-state index contributed by atoms with van der Waals surface area (Å²) in [5, 5.41) is 0. The van der Waals surface area contributed by atoms with Crippen LogP contribution in [0.15, 0.2) is 23.1 Å². The third kappa shape index (κ3) is 1.43. The molecular formula is C12H12N2O2. The van der Waals surface area contributed by atoms with Crippen molar-refractivity contribution >= 4 is 11.9 Å².